The van der Waals surface area contributed by atoms with E-state index >= 15 is 0 Å². The molecular weight excluding hydrogens is 266 g/mol. The van der Waals surface area contributed by atoms with Crippen molar-refractivity contribution in [2.45, 2.75) is 26.1 Å². The number of carbonyl (C=O) groups is 1. The normalized spacial score (nSPS) is 24.2. The molecule has 1 aliphatic heterocycles. The molecule has 1 amide bonds. The van der Waals surface area contributed by atoms with Crippen molar-refractivity contribution in [2.24, 2.45) is 0 Å². The number of aromatic nitrogens is 1. The van der Waals surface area contributed by atoms with Crippen molar-refractivity contribution >= 4 is 23.3 Å². The maximum Gasteiger partial charge on any atom is 0.239 e. The first-order valence-corrected chi connectivity index (χ1v) is 6.70. The highest BCUT2D eigenvalue weighted by Gasteiger charge is 2.23. The van der Waals surface area contributed by atoms with E-state index < -0.39 is 0 Å². The van der Waals surface area contributed by atoms with Gasteiger partial charge in [0.2, 0.25) is 5.91 Å². The van der Waals surface area contributed by atoms with Crippen LogP contribution in [0, 0.1) is 0 Å². The molecule has 0 aromatic carbocycles. The fourth-order valence-corrected chi connectivity index (χ4v) is 2.36. The summed E-state index contributed by atoms with van der Waals surface area (Å²) in [7, 11) is 0. The highest BCUT2D eigenvalue weighted by molar-refractivity contribution is 6.30. The Labute approximate surface area is 117 Å². The Morgan fingerprint density at radius 3 is 2.74 bits per heavy atom. The Balaban J connectivity index is 1.85. The van der Waals surface area contributed by atoms with Crippen molar-refractivity contribution < 1.29 is 9.53 Å². The third kappa shape index (κ3) is 4.45. The number of carbonyl (C=O) groups excluding carboxylic acids is 1. The van der Waals surface area contributed by atoms with Gasteiger partial charge in [0.05, 0.1) is 23.8 Å². The first-order valence-electron chi connectivity index (χ1n) is 6.32. The van der Waals surface area contributed by atoms with Crippen LogP contribution in [-0.4, -0.2) is 47.6 Å². The van der Waals surface area contributed by atoms with E-state index in [1.165, 1.54) is 6.20 Å². The monoisotopic (exact) mass is 283 g/mol. The lowest BCUT2D eigenvalue weighted by molar-refractivity contribution is -0.121. The lowest BCUT2D eigenvalue weighted by Gasteiger charge is -2.34. The van der Waals surface area contributed by atoms with Crippen LogP contribution in [-0.2, 0) is 9.53 Å². The van der Waals surface area contributed by atoms with E-state index in [1.807, 2.05) is 13.8 Å². The van der Waals surface area contributed by atoms with Gasteiger partial charge in [0.15, 0.2) is 0 Å². The van der Waals surface area contributed by atoms with Gasteiger partial charge in [0, 0.05) is 19.3 Å². The fraction of sp³-hybridized carbons (Fsp3) is 0.538. The maximum atomic E-state index is 11.9. The predicted octanol–water partition coefficient (Wildman–Crippen LogP) is 1.78. The van der Waals surface area contributed by atoms with E-state index in [1.54, 1.807) is 12.1 Å². The largest absolute Gasteiger partial charge is 0.373 e. The van der Waals surface area contributed by atoms with Gasteiger partial charge in [-0.05, 0) is 26.0 Å². The molecule has 1 saturated heterocycles. The maximum absolute atomic E-state index is 11.9. The van der Waals surface area contributed by atoms with Crippen LogP contribution in [0.5, 0.6) is 0 Å². The minimum Gasteiger partial charge on any atom is -0.373 e. The molecule has 2 atom stereocenters. The van der Waals surface area contributed by atoms with Crippen molar-refractivity contribution in [3.8, 4) is 0 Å². The number of nitrogens with one attached hydrogen (secondary N) is 1. The van der Waals surface area contributed by atoms with Crippen molar-refractivity contribution in [3.63, 3.8) is 0 Å². The third-order valence-corrected chi connectivity index (χ3v) is 3.08. The second-order valence-corrected chi connectivity index (χ2v) is 5.30. The molecule has 0 bridgehead atoms. The van der Waals surface area contributed by atoms with Crippen LogP contribution in [0.3, 0.4) is 0 Å². The molecule has 0 saturated carbocycles. The first kappa shape index (κ1) is 14.2. The number of amides is 1. The van der Waals surface area contributed by atoms with Gasteiger partial charge < -0.3 is 10.1 Å². The number of ether oxygens (including phenoxy) is 1. The molecule has 1 fully saturated rings. The Morgan fingerprint density at radius 1 is 1.47 bits per heavy atom. The van der Waals surface area contributed by atoms with E-state index in [0.717, 1.165) is 13.1 Å². The molecule has 1 aromatic heterocycles. The summed E-state index contributed by atoms with van der Waals surface area (Å²) in [5.74, 6) is 0.444. The predicted molar refractivity (Wildman–Crippen MR) is 74.3 cm³/mol. The molecule has 0 radical (unpaired) electrons. The van der Waals surface area contributed by atoms with Gasteiger partial charge in [0.25, 0.3) is 0 Å². The average molecular weight is 284 g/mol. The Kier molecular flexibility index (Phi) is 4.74. The quantitative estimate of drug-likeness (QED) is 0.919. The zero-order valence-electron chi connectivity index (χ0n) is 11.1. The molecule has 2 heterocycles. The molecule has 0 unspecified atom stereocenters. The molecular formula is C13H18ClN3O2. The van der Waals surface area contributed by atoms with Crippen molar-refractivity contribution in [3.05, 3.63) is 23.4 Å². The summed E-state index contributed by atoms with van der Waals surface area (Å²) < 4.78 is 5.63. The minimum atomic E-state index is -0.0730. The molecule has 0 spiro atoms. The lowest BCUT2D eigenvalue weighted by atomic mass is 10.2. The van der Waals surface area contributed by atoms with Gasteiger partial charge in [0.1, 0.15) is 5.82 Å². The van der Waals surface area contributed by atoms with Crippen molar-refractivity contribution in [1.29, 1.82) is 0 Å². The molecule has 1 aromatic rings. The molecule has 19 heavy (non-hydrogen) atoms. The number of hydrogen-bond donors (Lipinski definition) is 1. The Morgan fingerprint density at radius 2 is 2.16 bits per heavy atom. The van der Waals surface area contributed by atoms with Crippen molar-refractivity contribution in [1.82, 2.24) is 9.88 Å². The second-order valence-electron chi connectivity index (χ2n) is 4.86. The van der Waals surface area contributed by atoms with Crippen LogP contribution >= 0.6 is 11.6 Å². The number of hydrogen-bond acceptors (Lipinski definition) is 4. The summed E-state index contributed by atoms with van der Waals surface area (Å²) in [6, 6.07) is 3.38. The molecule has 5 nitrogen and oxygen atoms in total. The highest BCUT2D eigenvalue weighted by Crippen LogP contribution is 2.12. The zero-order chi connectivity index (χ0) is 13.8. The van der Waals surface area contributed by atoms with Crippen molar-refractivity contribution in [2.75, 3.05) is 25.0 Å². The first-order chi connectivity index (χ1) is 9.02. The van der Waals surface area contributed by atoms with E-state index in [4.69, 9.17) is 16.3 Å². The minimum absolute atomic E-state index is 0.0730. The van der Waals surface area contributed by atoms with E-state index in [2.05, 4.69) is 15.2 Å². The van der Waals surface area contributed by atoms with Crippen LogP contribution in [0.1, 0.15) is 13.8 Å². The third-order valence-electron chi connectivity index (χ3n) is 2.86. The van der Waals surface area contributed by atoms with Gasteiger partial charge in [-0.2, -0.15) is 0 Å². The topological polar surface area (TPSA) is 54.5 Å². The highest BCUT2D eigenvalue weighted by atomic mass is 35.5. The van der Waals surface area contributed by atoms with Gasteiger partial charge in [-0.1, -0.05) is 11.6 Å². The number of morpholine rings is 1. The van der Waals surface area contributed by atoms with Crippen LogP contribution in [0.4, 0.5) is 5.82 Å². The lowest BCUT2D eigenvalue weighted by Crippen LogP contribution is -2.48. The van der Waals surface area contributed by atoms with Crippen LogP contribution in [0.15, 0.2) is 18.3 Å². The average Bonchev–Trinajstić information content (AvgIpc) is 2.30. The summed E-state index contributed by atoms with van der Waals surface area (Å²) in [5, 5.41) is 3.30. The Hall–Kier alpha value is -1.17. The van der Waals surface area contributed by atoms with E-state index in [-0.39, 0.29) is 18.1 Å². The number of pyridine rings is 1. The molecule has 6 heteroatoms. The SMILES string of the molecule is C[C@@H]1CN(CC(=O)Nc2ccc(Cl)cn2)C[C@@H](C)O1. The fourth-order valence-electron chi connectivity index (χ4n) is 2.25. The summed E-state index contributed by atoms with van der Waals surface area (Å²) in [6.07, 6.45) is 1.83. The summed E-state index contributed by atoms with van der Waals surface area (Å²) in [6.45, 7) is 5.92. The number of halogens is 1. The number of anilines is 1. The molecule has 104 valence electrons. The van der Waals surface area contributed by atoms with Crippen LogP contribution in [0.25, 0.3) is 0 Å². The summed E-state index contributed by atoms with van der Waals surface area (Å²) >= 11 is 5.74. The molecule has 2 rings (SSSR count). The van der Waals surface area contributed by atoms with Gasteiger partial charge in [-0.25, -0.2) is 4.98 Å². The number of rotatable bonds is 3. The second kappa shape index (κ2) is 6.32. The number of nitrogens with zero attached hydrogens (tertiary/aromatic N) is 2. The molecule has 1 aliphatic rings. The smallest absolute Gasteiger partial charge is 0.239 e. The zero-order valence-corrected chi connectivity index (χ0v) is 11.9. The summed E-state index contributed by atoms with van der Waals surface area (Å²) in [5.41, 5.74) is 0. The van der Waals surface area contributed by atoms with Gasteiger partial charge in [-0.3, -0.25) is 9.69 Å². The standard InChI is InChI=1S/C13H18ClN3O2/c1-9-6-17(7-10(2)19-9)8-13(18)16-12-4-3-11(14)5-15-12/h3-5,9-10H,6-8H2,1-2H3,(H,15,16,18)/t9-,10-/m1/s1. The summed E-state index contributed by atoms with van der Waals surface area (Å²) in [4.78, 5) is 18.0. The van der Waals surface area contributed by atoms with E-state index in [9.17, 15) is 4.79 Å². The van der Waals surface area contributed by atoms with Crippen LogP contribution in [0.2, 0.25) is 5.02 Å². The van der Waals surface area contributed by atoms with Gasteiger partial charge >= 0.3 is 0 Å². The Bertz CT molecular complexity index is 428. The van der Waals surface area contributed by atoms with E-state index in [0.29, 0.717) is 17.4 Å². The van der Waals surface area contributed by atoms with Crippen LogP contribution < -0.4 is 5.32 Å². The van der Waals surface area contributed by atoms with Gasteiger partial charge in [-0.15, -0.1) is 0 Å². The molecule has 1 N–H and O–H groups in total. The molecule has 0 aliphatic carbocycles.